The molecule has 3 aliphatic rings. The summed E-state index contributed by atoms with van der Waals surface area (Å²) < 4.78 is 0. The van der Waals surface area contributed by atoms with E-state index < -0.39 is 0 Å². The molecule has 2 fully saturated rings. The van der Waals surface area contributed by atoms with Gasteiger partial charge in [-0.3, -0.25) is 0 Å². The molecule has 2 bridgehead atoms. The first kappa shape index (κ1) is 9.93. The van der Waals surface area contributed by atoms with Crippen molar-refractivity contribution in [3.8, 4) is 0 Å². The van der Waals surface area contributed by atoms with E-state index in [1.807, 2.05) is 0 Å². The predicted octanol–water partition coefficient (Wildman–Crippen LogP) is 4.42. The van der Waals surface area contributed by atoms with Crippen molar-refractivity contribution < 1.29 is 0 Å². The van der Waals surface area contributed by atoms with Gasteiger partial charge in [-0.05, 0) is 61.2 Å². The van der Waals surface area contributed by atoms with Gasteiger partial charge < -0.3 is 0 Å². The third kappa shape index (κ3) is 0.946. The fourth-order valence-electron chi connectivity index (χ4n) is 5.33. The molecule has 0 radical (unpaired) electrons. The van der Waals surface area contributed by atoms with Crippen LogP contribution in [0.15, 0.2) is 11.6 Å². The van der Waals surface area contributed by atoms with Crippen molar-refractivity contribution in [2.24, 2.45) is 28.6 Å². The fourth-order valence-corrected chi connectivity index (χ4v) is 5.33. The number of hydrogen-bond donors (Lipinski definition) is 0. The Hall–Kier alpha value is -0.260. The van der Waals surface area contributed by atoms with E-state index in [0.717, 1.165) is 17.8 Å². The summed E-state index contributed by atoms with van der Waals surface area (Å²) in [5.41, 5.74) is 2.95. The van der Waals surface area contributed by atoms with Gasteiger partial charge in [-0.25, -0.2) is 0 Å². The molecule has 0 heterocycles. The number of allylic oxidation sites excluding steroid dienone is 2. The van der Waals surface area contributed by atoms with Crippen LogP contribution >= 0.6 is 0 Å². The first-order valence-corrected chi connectivity index (χ1v) is 6.67. The van der Waals surface area contributed by atoms with Crippen LogP contribution in [0.25, 0.3) is 0 Å². The Bertz CT molecular complexity index is 323. The van der Waals surface area contributed by atoms with E-state index in [1.165, 1.54) is 25.7 Å². The van der Waals surface area contributed by atoms with Crippen molar-refractivity contribution in [2.45, 2.75) is 53.4 Å². The van der Waals surface area contributed by atoms with Crippen molar-refractivity contribution in [3.05, 3.63) is 11.6 Å². The maximum atomic E-state index is 2.57. The number of rotatable bonds is 0. The molecule has 3 aliphatic carbocycles. The van der Waals surface area contributed by atoms with E-state index in [1.54, 1.807) is 5.57 Å². The second kappa shape index (κ2) is 2.70. The quantitative estimate of drug-likeness (QED) is 0.513. The molecule has 0 aromatic carbocycles. The molecule has 0 aliphatic heterocycles. The molecule has 0 N–H and O–H groups in total. The zero-order valence-corrected chi connectivity index (χ0v) is 10.6. The second-order valence-electron chi connectivity index (χ2n) is 6.92. The molecule has 0 amide bonds. The highest BCUT2D eigenvalue weighted by atomic mass is 14.7. The molecule has 0 nitrogen and oxygen atoms in total. The third-order valence-electron chi connectivity index (χ3n) is 6.37. The van der Waals surface area contributed by atoms with Gasteiger partial charge in [0, 0.05) is 0 Å². The average Bonchev–Trinajstić information content (AvgIpc) is 2.58. The molecule has 0 aromatic heterocycles. The largest absolute Gasteiger partial charge is 0.0847 e. The highest BCUT2D eigenvalue weighted by Crippen LogP contribution is 2.71. The number of fused-ring (bicyclic) bond motifs is 1. The summed E-state index contributed by atoms with van der Waals surface area (Å²) in [7, 11) is 0. The summed E-state index contributed by atoms with van der Waals surface area (Å²) in [6.07, 6.45) is 8.36. The van der Waals surface area contributed by atoms with Gasteiger partial charge in [0.25, 0.3) is 0 Å². The van der Waals surface area contributed by atoms with E-state index in [9.17, 15) is 0 Å². The smallest absolute Gasteiger partial charge is 0.00289 e. The van der Waals surface area contributed by atoms with Crippen LogP contribution in [-0.2, 0) is 0 Å². The first-order chi connectivity index (χ1) is 6.99. The molecule has 0 saturated heterocycles. The molecule has 84 valence electrons. The molecule has 2 saturated carbocycles. The minimum atomic E-state index is 0.596. The van der Waals surface area contributed by atoms with Crippen molar-refractivity contribution in [1.82, 2.24) is 0 Å². The van der Waals surface area contributed by atoms with Crippen LogP contribution < -0.4 is 0 Å². The lowest BCUT2D eigenvalue weighted by molar-refractivity contribution is 0.155. The SMILES string of the molecule is CC1=CC[C@H]2C[C@]13C(CC[C@@H]3C)C2(C)C. The van der Waals surface area contributed by atoms with Crippen molar-refractivity contribution in [1.29, 1.82) is 0 Å². The normalized spacial score (nSPS) is 51.5. The summed E-state index contributed by atoms with van der Waals surface area (Å²) in [5.74, 6) is 2.88. The zero-order chi connectivity index (χ0) is 10.8. The number of hydrogen-bond acceptors (Lipinski definition) is 0. The fraction of sp³-hybridized carbons (Fsp3) is 0.867. The van der Waals surface area contributed by atoms with Crippen molar-refractivity contribution in [3.63, 3.8) is 0 Å². The molecule has 3 rings (SSSR count). The standard InChI is InChI=1S/C15H24/c1-10-5-7-12-9-15(10)11(2)6-8-13(15)14(12,3)4/h5,11-13H,6-9H2,1-4H3/t11-,12-,13?,15-/m0/s1. The molecule has 15 heavy (non-hydrogen) atoms. The highest BCUT2D eigenvalue weighted by Gasteiger charge is 2.63. The van der Waals surface area contributed by atoms with Gasteiger partial charge in [-0.1, -0.05) is 32.4 Å². The summed E-state index contributed by atoms with van der Waals surface area (Å²) in [6, 6.07) is 0. The van der Waals surface area contributed by atoms with Crippen LogP contribution in [0.5, 0.6) is 0 Å². The lowest BCUT2D eigenvalue weighted by atomic mass is 9.66. The predicted molar refractivity (Wildman–Crippen MR) is 64.6 cm³/mol. The van der Waals surface area contributed by atoms with Gasteiger partial charge in [0.2, 0.25) is 0 Å². The summed E-state index contributed by atoms with van der Waals surface area (Å²) in [6.45, 7) is 9.98. The molecule has 0 aromatic rings. The lowest BCUT2D eigenvalue weighted by Crippen LogP contribution is -2.31. The van der Waals surface area contributed by atoms with Crippen LogP contribution in [0.3, 0.4) is 0 Å². The van der Waals surface area contributed by atoms with Gasteiger partial charge in [-0.2, -0.15) is 0 Å². The molecular formula is C15H24. The van der Waals surface area contributed by atoms with E-state index >= 15 is 0 Å². The Balaban J connectivity index is 2.15. The minimum Gasteiger partial charge on any atom is -0.0847 e. The van der Waals surface area contributed by atoms with E-state index in [0.29, 0.717) is 10.8 Å². The van der Waals surface area contributed by atoms with Crippen LogP contribution in [-0.4, -0.2) is 0 Å². The van der Waals surface area contributed by atoms with Gasteiger partial charge >= 0.3 is 0 Å². The summed E-state index contributed by atoms with van der Waals surface area (Å²) >= 11 is 0. The van der Waals surface area contributed by atoms with E-state index in [4.69, 9.17) is 0 Å². The van der Waals surface area contributed by atoms with Gasteiger partial charge in [0.05, 0.1) is 0 Å². The Morgan fingerprint density at radius 3 is 2.73 bits per heavy atom. The average molecular weight is 204 g/mol. The Morgan fingerprint density at radius 2 is 2.00 bits per heavy atom. The maximum absolute atomic E-state index is 2.57. The van der Waals surface area contributed by atoms with Crippen LogP contribution in [0, 0.1) is 28.6 Å². The van der Waals surface area contributed by atoms with Gasteiger partial charge in [-0.15, -0.1) is 0 Å². The van der Waals surface area contributed by atoms with Crippen LogP contribution in [0.1, 0.15) is 53.4 Å². The second-order valence-corrected chi connectivity index (χ2v) is 6.92. The maximum Gasteiger partial charge on any atom is -0.00289 e. The Kier molecular flexibility index (Phi) is 1.79. The Labute approximate surface area is 94.1 Å². The zero-order valence-electron chi connectivity index (χ0n) is 10.6. The lowest BCUT2D eigenvalue weighted by Gasteiger charge is -2.38. The third-order valence-corrected chi connectivity index (χ3v) is 6.37. The van der Waals surface area contributed by atoms with Crippen LogP contribution in [0.2, 0.25) is 0 Å². The molecule has 1 spiro atoms. The highest BCUT2D eigenvalue weighted by molar-refractivity contribution is 5.28. The molecule has 4 atom stereocenters. The van der Waals surface area contributed by atoms with Crippen LogP contribution in [0.4, 0.5) is 0 Å². The summed E-state index contributed by atoms with van der Waals surface area (Å²) in [5, 5.41) is 0. The first-order valence-electron chi connectivity index (χ1n) is 6.67. The van der Waals surface area contributed by atoms with Gasteiger partial charge in [0.1, 0.15) is 0 Å². The minimum absolute atomic E-state index is 0.596. The van der Waals surface area contributed by atoms with E-state index in [2.05, 4.69) is 33.8 Å². The molecule has 0 heteroatoms. The Morgan fingerprint density at radius 1 is 1.27 bits per heavy atom. The van der Waals surface area contributed by atoms with E-state index in [-0.39, 0.29) is 0 Å². The monoisotopic (exact) mass is 204 g/mol. The van der Waals surface area contributed by atoms with Crippen molar-refractivity contribution >= 4 is 0 Å². The topological polar surface area (TPSA) is 0 Å². The molecular weight excluding hydrogens is 180 g/mol. The molecule has 1 unspecified atom stereocenters. The van der Waals surface area contributed by atoms with Gasteiger partial charge in [0.15, 0.2) is 0 Å². The van der Waals surface area contributed by atoms with Crippen molar-refractivity contribution in [2.75, 3.05) is 0 Å². The summed E-state index contributed by atoms with van der Waals surface area (Å²) in [4.78, 5) is 0.